The number of nitrogens with zero attached hydrogens (tertiary/aromatic N) is 3. The Hall–Kier alpha value is -1.24. The normalized spacial score (nSPS) is 11.6. The number of rotatable bonds is 3. The van der Waals surface area contributed by atoms with Gasteiger partial charge in [0.05, 0.1) is 0 Å². The summed E-state index contributed by atoms with van der Waals surface area (Å²) in [5.74, 6) is -0.0405. The van der Waals surface area contributed by atoms with Gasteiger partial charge >= 0.3 is 6.18 Å². The van der Waals surface area contributed by atoms with Gasteiger partial charge in [0.15, 0.2) is 5.82 Å². The Morgan fingerprint density at radius 3 is 2.56 bits per heavy atom. The zero-order valence-electron chi connectivity index (χ0n) is 8.42. The monoisotopic (exact) mass is 254 g/mol. The second-order valence-corrected chi connectivity index (χ2v) is 3.40. The summed E-state index contributed by atoms with van der Waals surface area (Å²) >= 11 is 5.74. The Kier molecular flexibility index (Phi) is 3.79. The molecule has 0 fully saturated rings. The Morgan fingerprint density at radius 1 is 1.44 bits per heavy atom. The molecule has 0 amide bonds. The van der Waals surface area contributed by atoms with Crippen molar-refractivity contribution in [3.8, 4) is 0 Å². The first-order valence-corrected chi connectivity index (χ1v) is 4.80. The van der Waals surface area contributed by atoms with Crippen LogP contribution in [-0.2, 0) is 0 Å². The quantitative estimate of drug-likeness (QED) is 0.898. The van der Waals surface area contributed by atoms with Crippen LogP contribution >= 0.6 is 11.6 Å². The maximum atomic E-state index is 12.3. The molecule has 1 heterocycles. The molecule has 16 heavy (non-hydrogen) atoms. The number of nitrogens with two attached hydrogens (primary N) is 1. The van der Waals surface area contributed by atoms with Gasteiger partial charge in [0, 0.05) is 6.54 Å². The van der Waals surface area contributed by atoms with E-state index in [9.17, 15) is 13.2 Å². The van der Waals surface area contributed by atoms with Crippen molar-refractivity contribution in [2.45, 2.75) is 13.1 Å². The lowest BCUT2D eigenvalue weighted by Gasteiger charge is -2.24. The Bertz CT molecular complexity index is 369. The van der Waals surface area contributed by atoms with Crippen LogP contribution in [-0.4, -0.2) is 29.2 Å². The van der Waals surface area contributed by atoms with Crippen molar-refractivity contribution in [2.24, 2.45) is 0 Å². The molecule has 0 aromatic carbocycles. The van der Waals surface area contributed by atoms with Crippen LogP contribution in [0.4, 0.5) is 24.8 Å². The van der Waals surface area contributed by atoms with Crippen molar-refractivity contribution in [2.75, 3.05) is 23.7 Å². The lowest BCUT2D eigenvalue weighted by atomic mass is 10.4. The van der Waals surface area contributed by atoms with E-state index in [0.717, 1.165) is 11.2 Å². The summed E-state index contributed by atoms with van der Waals surface area (Å²) < 4.78 is 36.8. The van der Waals surface area contributed by atoms with E-state index in [-0.39, 0.29) is 23.2 Å². The van der Waals surface area contributed by atoms with Crippen molar-refractivity contribution in [1.82, 2.24) is 9.97 Å². The molecule has 0 aliphatic heterocycles. The van der Waals surface area contributed by atoms with Crippen LogP contribution in [0.25, 0.3) is 0 Å². The zero-order chi connectivity index (χ0) is 12.3. The highest BCUT2D eigenvalue weighted by Gasteiger charge is 2.31. The minimum atomic E-state index is -4.32. The van der Waals surface area contributed by atoms with Gasteiger partial charge in [-0.05, 0) is 6.92 Å². The lowest BCUT2D eigenvalue weighted by molar-refractivity contribution is -0.119. The molecule has 1 rings (SSSR count). The van der Waals surface area contributed by atoms with Crippen molar-refractivity contribution < 1.29 is 13.2 Å². The smallest absolute Gasteiger partial charge is 0.382 e. The van der Waals surface area contributed by atoms with Crippen LogP contribution in [0.1, 0.15) is 6.92 Å². The van der Waals surface area contributed by atoms with Crippen LogP contribution in [0.3, 0.4) is 0 Å². The topological polar surface area (TPSA) is 55.0 Å². The van der Waals surface area contributed by atoms with E-state index in [4.69, 9.17) is 17.3 Å². The standard InChI is InChI=1S/C8H10ClF3N4/c1-2-16(3-8(10,11)12)7-5(9)6(13)14-4-15-7/h4H,2-3H2,1H3,(H2,13,14,15). The summed E-state index contributed by atoms with van der Waals surface area (Å²) in [5, 5.41) is -0.0615. The van der Waals surface area contributed by atoms with E-state index in [1.54, 1.807) is 6.92 Å². The fraction of sp³-hybridized carbons (Fsp3) is 0.500. The number of hydrogen-bond acceptors (Lipinski definition) is 4. The average molecular weight is 255 g/mol. The van der Waals surface area contributed by atoms with Crippen LogP contribution in [0.2, 0.25) is 5.02 Å². The lowest BCUT2D eigenvalue weighted by Crippen LogP contribution is -2.35. The van der Waals surface area contributed by atoms with Gasteiger partial charge in [-0.3, -0.25) is 0 Å². The summed E-state index contributed by atoms with van der Waals surface area (Å²) in [7, 11) is 0. The van der Waals surface area contributed by atoms with Gasteiger partial charge in [0.2, 0.25) is 0 Å². The van der Waals surface area contributed by atoms with Crippen LogP contribution < -0.4 is 10.6 Å². The van der Waals surface area contributed by atoms with Crippen LogP contribution in [0, 0.1) is 0 Å². The van der Waals surface area contributed by atoms with Gasteiger partial charge in [-0.15, -0.1) is 0 Å². The molecule has 0 atom stereocenters. The molecule has 0 saturated heterocycles. The second kappa shape index (κ2) is 4.73. The summed E-state index contributed by atoms with van der Waals surface area (Å²) in [6, 6.07) is 0. The van der Waals surface area contributed by atoms with Gasteiger partial charge in [0.1, 0.15) is 23.7 Å². The molecule has 0 saturated carbocycles. The molecule has 4 nitrogen and oxygen atoms in total. The molecule has 8 heteroatoms. The fourth-order valence-electron chi connectivity index (χ4n) is 1.15. The summed E-state index contributed by atoms with van der Waals surface area (Å²) in [5.41, 5.74) is 5.39. The van der Waals surface area contributed by atoms with E-state index < -0.39 is 12.7 Å². The zero-order valence-corrected chi connectivity index (χ0v) is 9.18. The van der Waals surface area contributed by atoms with E-state index in [1.165, 1.54) is 0 Å². The Labute approximate surface area is 95.2 Å². The molecular weight excluding hydrogens is 245 g/mol. The van der Waals surface area contributed by atoms with E-state index in [2.05, 4.69) is 9.97 Å². The molecule has 0 spiro atoms. The van der Waals surface area contributed by atoms with Gasteiger partial charge in [0.25, 0.3) is 0 Å². The fourth-order valence-corrected chi connectivity index (χ4v) is 1.36. The van der Waals surface area contributed by atoms with Gasteiger partial charge in [-0.2, -0.15) is 13.2 Å². The molecule has 0 aliphatic carbocycles. The van der Waals surface area contributed by atoms with Crippen molar-refractivity contribution in [3.63, 3.8) is 0 Å². The van der Waals surface area contributed by atoms with Gasteiger partial charge in [-0.25, -0.2) is 9.97 Å². The maximum Gasteiger partial charge on any atom is 0.405 e. The first-order valence-electron chi connectivity index (χ1n) is 4.42. The number of anilines is 2. The number of aromatic nitrogens is 2. The van der Waals surface area contributed by atoms with Crippen molar-refractivity contribution in [1.29, 1.82) is 0 Å². The molecular formula is C8H10ClF3N4. The third-order valence-electron chi connectivity index (χ3n) is 1.85. The van der Waals surface area contributed by atoms with Crippen LogP contribution in [0.5, 0.6) is 0 Å². The molecule has 90 valence electrons. The minimum Gasteiger partial charge on any atom is -0.382 e. The summed E-state index contributed by atoms with van der Waals surface area (Å²) in [6.45, 7) is 0.565. The molecule has 1 aromatic rings. The molecule has 0 bridgehead atoms. The van der Waals surface area contributed by atoms with E-state index >= 15 is 0 Å². The number of hydrogen-bond donors (Lipinski definition) is 1. The van der Waals surface area contributed by atoms with Crippen molar-refractivity contribution >= 4 is 23.2 Å². The largest absolute Gasteiger partial charge is 0.405 e. The highest BCUT2D eigenvalue weighted by Crippen LogP contribution is 2.29. The SMILES string of the molecule is CCN(CC(F)(F)F)c1ncnc(N)c1Cl. The minimum absolute atomic E-state index is 0.00556. The third-order valence-corrected chi connectivity index (χ3v) is 2.21. The molecule has 1 aromatic heterocycles. The summed E-state index contributed by atoms with van der Waals surface area (Å²) in [4.78, 5) is 8.26. The highest BCUT2D eigenvalue weighted by atomic mass is 35.5. The third kappa shape index (κ3) is 3.13. The molecule has 0 aliphatic rings. The maximum absolute atomic E-state index is 12.3. The molecule has 0 radical (unpaired) electrons. The summed E-state index contributed by atoms with van der Waals surface area (Å²) in [6.07, 6.45) is -3.24. The van der Waals surface area contributed by atoms with E-state index in [0.29, 0.717) is 0 Å². The Morgan fingerprint density at radius 2 is 2.06 bits per heavy atom. The number of halogens is 4. The van der Waals surface area contributed by atoms with Crippen molar-refractivity contribution in [3.05, 3.63) is 11.3 Å². The van der Waals surface area contributed by atoms with Crippen LogP contribution in [0.15, 0.2) is 6.33 Å². The van der Waals surface area contributed by atoms with Gasteiger partial charge in [-0.1, -0.05) is 11.6 Å². The van der Waals surface area contributed by atoms with E-state index in [1.807, 2.05) is 0 Å². The Balaban J connectivity index is 3.00. The highest BCUT2D eigenvalue weighted by molar-refractivity contribution is 6.35. The van der Waals surface area contributed by atoms with Gasteiger partial charge < -0.3 is 10.6 Å². The predicted molar refractivity (Wildman–Crippen MR) is 55.4 cm³/mol. The molecule has 0 unspecified atom stereocenters. The number of nitrogen functional groups attached to an aromatic ring is 1. The first-order chi connectivity index (χ1) is 7.35. The predicted octanol–water partition coefficient (Wildman–Crippen LogP) is 2.10. The average Bonchev–Trinajstić information content (AvgIpc) is 2.18. The first kappa shape index (κ1) is 12.8. The number of alkyl halides is 3. The second-order valence-electron chi connectivity index (χ2n) is 3.03. The molecule has 2 N–H and O–H groups in total.